The summed E-state index contributed by atoms with van der Waals surface area (Å²) in [6.07, 6.45) is 3.60. The number of hydrogen-bond acceptors (Lipinski definition) is 5. The average Bonchev–Trinajstić information content (AvgIpc) is 3.23. The van der Waals surface area contributed by atoms with Gasteiger partial charge >= 0.3 is 5.97 Å². The summed E-state index contributed by atoms with van der Waals surface area (Å²) in [5.41, 5.74) is 2.07. The minimum atomic E-state index is -0.620. The molecule has 2 aromatic carbocycles. The first-order chi connectivity index (χ1) is 15.1. The number of benzene rings is 2. The molecule has 31 heavy (non-hydrogen) atoms. The van der Waals surface area contributed by atoms with Gasteiger partial charge in [-0.25, -0.2) is 9.48 Å². The largest absolute Gasteiger partial charge is 0.461 e. The smallest absolute Gasteiger partial charge is 0.359 e. The molecule has 0 aliphatic heterocycles. The van der Waals surface area contributed by atoms with Crippen LogP contribution >= 0.6 is 0 Å². The lowest BCUT2D eigenvalue weighted by Crippen LogP contribution is -2.26. The third-order valence-corrected chi connectivity index (χ3v) is 4.44. The van der Waals surface area contributed by atoms with Crippen molar-refractivity contribution < 1.29 is 14.3 Å². The number of amides is 1. The van der Waals surface area contributed by atoms with Crippen LogP contribution in [-0.2, 0) is 16.0 Å². The number of nitrogens with one attached hydrogen (secondary N) is 1. The van der Waals surface area contributed by atoms with Gasteiger partial charge in [0.25, 0.3) is 5.91 Å². The maximum Gasteiger partial charge on any atom is 0.359 e. The molecule has 1 heterocycles. The number of rotatable bonds is 8. The fourth-order valence-electron chi connectivity index (χ4n) is 2.93. The van der Waals surface area contributed by atoms with Gasteiger partial charge in [0.05, 0.1) is 12.3 Å². The number of carbonyl (C=O) groups is 2. The molecule has 0 atom stereocenters. The molecule has 1 aromatic heterocycles. The molecule has 0 saturated heterocycles. The minimum Gasteiger partial charge on any atom is -0.461 e. The van der Waals surface area contributed by atoms with E-state index in [4.69, 9.17) is 4.74 Å². The highest BCUT2D eigenvalue weighted by molar-refractivity contribution is 6.03. The SMILES string of the molecule is CCOC(=O)c1nn(-c2ccccc2)cc1/C=C(/C#N)C(=O)NCCc1ccccc1. The first-order valence-corrected chi connectivity index (χ1v) is 9.88. The highest BCUT2D eigenvalue weighted by Crippen LogP contribution is 2.17. The van der Waals surface area contributed by atoms with Crippen molar-refractivity contribution in [1.29, 1.82) is 5.26 Å². The van der Waals surface area contributed by atoms with Crippen LogP contribution in [0.25, 0.3) is 11.8 Å². The minimum absolute atomic E-state index is 0.0375. The fraction of sp³-hybridized carbons (Fsp3) is 0.167. The van der Waals surface area contributed by atoms with Crippen LogP contribution in [0.4, 0.5) is 0 Å². The van der Waals surface area contributed by atoms with E-state index in [0.29, 0.717) is 18.5 Å². The van der Waals surface area contributed by atoms with Crippen LogP contribution in [0.1, 0.15) is 28.5 Å². The van der Waals surface area contributed by atoms with E-state index < -0.39 is 11.9 Å². The standard InChI is InChI=1S/C24H22N4O3/c1-2-31-24(30)22-20(17-28(27-22)21-11-7-4-8-12-21)15-19(16-25)23(29)26-14-13-18-9-5-3-6-10-18/h3-12,15,17H,2,13-14H2,1H3,(H,26,29)/b19-15-. The Morgan fingerprint density at radius 1 is 1.13 bits per heavy atom. The van der Waals surface area contributed by atoms with Crippen LogP contribution in [0.3, 0.4) is 0 Å². The Labute approximate surface area is 180 Å². The predicted octanol–water partition coefficient (Wildman–Crippen LogP) is 3.31. The monoisotopic (exact) mass is 414 g/mol. The molecule has 7 nitrogen and oxygen atoms in total. The number of hydrogen-bond donors (Lipinski definition) is 1. The molecule has 0 saturated carbocycles. The lowest BCUT2D eigenvalue weighted by molar-refractivity contribution is -0.117. The van der Waals surface area contributed by atoms with Gasteiger partial charge in [-0.3, -0.25) is 4.79 Å². The second-order valence-corrected chi connectivity index (χ2v) is 6.59. The molecule has 0 bridgehead atoms. The molecule has 1 amide bonds. The van der Waals surface area contributed by atoms with Gasteiger partial charge in [0.1, 0.15) is 11.6 Å². The summed E-state index contributed by atoms with van der Waals surface area (Å²) in [5, 5.41) is 16.6. The topological polar surface area (TPSA) is 97.0 Å². The van der Waals surface area contributed by atoms with E-state index in [1.165, 1.54) is 10.8 Å². The van der Waals surface area contributed by atoms with Crippen molar-refractivity contribution in [2.24, 2.45) is 0 Å². The van der Waals surface area contributed by atoms with Crippen LogP contribution in [0.2, 0.25) is 0 Å². The molecule has 0 radical (unpaired) electrons. The number of para-hydroxylation sites is 1. The van der Waals surface area contributed by atoms with Crippen LogP contribution in [-0.4, -0.2) is 34.8 Å². The van der Waals surface area contributed by atoms with Gasteiger partial charge in [-0.1, -0.05) is 48.5 Å². The summed E-state index contributed by atoms with van der Waals surface area (Å²) < 4.78 is 6.59. The Bertz CT molecular complexity index is 1110. The third-order valence-electron chi connectivity index (χ3n) is 4.44. The molecule has 0 aliphatic rings. The summed E-state index contributed by atoms with van der Waals surface area (Å²) in [6.45, 7) is 2.27. The van der Waals surface area contributed by atoms with E-state index in [2.05, 4.69) is 10.4 Å². The molecule has 0 unspecified atom stereocenters. The van der Waals surface area contributed by atoms with Crippen LogP contribution in [0, 0.1) is 11.3 Å². The normalized spacial score (nSPS) is 10.9. The highest BCUT2D eigenvalue weighted by Gasteiger charge is 2.19. The van der Waals surface area contributed by atoms with Crippen molar-refractivity contribution in [3.63, 3.8) is 0 Å². The van der Waals surface area contributed by atoms with Crippen molar-refractivity contribution in [1.82, 2.24) is 15.1 Å². The number of esters is 1. The van der Waals surface area contributed by atoms with Crippen LogP contribution < -0.4 is 5.32 Å². The summed E-state index contributed by atoms with van der Waals surface area (Å²) in [5.74, 6) is -1.13. The maximum atomic E-state index is 12.5. The van der Waals surface area contributed by atoms with Gasteiger partial charge in [-0.15, -0.1) is 0 Å². The van der Waals surface area contributed by atoms with Crippen LogP contribution in [0.15, 0.2) is 72.4 Å². The van der Waals surface area contributed by atoms with Crippen LogP contribution in [0.5, 0.6) is 0 Å². The molecule has 156 valence electrons. The molecule has 1 N–H and O–H groups in total. The van der Waals surface area contributed by atoms with Gasteiger partial charge in [-0.05, 0) is 37.1 Å². The maximum absolute atomic E-state index is 12.5. The third kappa shape index (κ3) is 5.67. The Morgan fingerprint density at radius 3 is 2.45 bits per heavy atom. The highest BCUT2D eigenvalue weighted by atomic mass is 16.5. The molecule has 0 aliphatic carbocycles. The number of nitrogens with zero attached hydrogens (tertiary/aromatic N) is 3. The zero-order valence-electron chi connectivity index (χ0n) is 17.1. The quantitative estimate of drug-likeness (QED) is 0.346. The van der Waals surface area contributed by atoms with Crippen molar-refractivity contribution in [3.8, 4) is 11.8 Å². The summed E-state index contributed by atoms with van der Waals surface area (Å²) in [6, 6.07) is 20.8. The summed E-state index contributed by atoms with van der Waals surface area (Å²) in [4.78, 5) is 24.9. The Hall–Kier alpha value is -4.18. The van der Waals surface area contributed by atoms with E-state index in [1.54, 1.807) is 13.1 Å². The Balaban J connectivity index is 1.82. The fourth-order valence-corrected chi connectivity index (χ4v) is 2.93. The number of nitriles is 1. The summed E-state index contributed by atoms with van der Waals surface area (Å²) >= 11 is 0. The molecule has 0 spiro atoms. The Kier molecular flexibility index (Phi) is 7.33. The molecule has 3 aromatic rings. The second-order valence-electron chi connectivity index (χ2n) is 6.59. The predicted molar refractivity (Wildman–Crippen MR) is 116 cm³/mol. The van der Waals surface area contributed by atoms with E-state index in [9.17, 15) is 14.9 Å². The van der Waals surface area contributed by atoms with Gasteiger partial charge < -0.3 is 10.1 Å². The Morgan fingerprint density at radius 2 is 1.81 bits per heavy atom. The first-order valence-electron chi connectivity index (χ1n) is 9.88. The zero-order chi connectivity index (χ0) is 22.1. The molecule has 7 heteroatoms. The van der Waals surface area contributed by atoms with Crippen molar-refractivity contribution in [3.05, 3.63) is 89.3 Å². The second kappa shape index (κ2) is 10.6. The lowest BCUT2D eigenvalue weighted by atomic mass is 10.1. The first kappa shape index (κ1) is 21.5. The van der Waals surface area contributed by atoms with Crippen molar-refractivity contribution in [2.75, 3.05) is 13.2 Å². The number of ether oxygens (including phenoxy) is 1. The van der Waals surface area contributed by atoms with E-state index in [0.717, 1.165) is 11.3 Å². The van der Waals surface area contributed by atoms with Gasteiger partial charge in [0.15, 0.2) is 5.69 Å². The van der Waals surface area contributed by atoms with Gasteiger partial charge in [0.2, 0.25) is 0 Å². The van der Waals surface area contributed by atoms with E-state index in [1.807, 2.05) is 66.7 Å². The van der Waals surface area contributed by atoms with Crippen molar-refractivity contribution >= 4 is 18.0 Å². The number of carbonyl (C=O) groups excluding carboxylic acids is 2. The zero-order valence-corrected chi connectivity index (χ0v) is 17.1. The van der Waals surface area contributed by atoms with Gasteiger partial charge in [-0.2, -0.15) is 10.4 Å². The van der Waals surface area contributed by atoms with Crippen molar-refractivity contribution in [2.45, 2.75) is 13.3 Å². The lowest BCUT2D eigenvalue weighted by Gasteiger charge is -2.04. The molecule has 3 rings (SSSR count). The van der Waals surface area contributed by atoms with E-state index in [-0.39, 0.29) is 17.9 Å². The summed E-state index contributed by atoms with van der Waals surface area (Å²) in [7, 11) is 0. The number of aromatic nitrogens is 2. The molecule has 0 fully saturated rings. The van der Waals surface area contributed by atoms with E-state index >= 15 is 0 Å². The average molecular weight is 414 g/mol. The molecular formula is C24H22N4O3. The van der Waals surface area contributed by atoms with Gasteiger partial charge in [0, 0.05) is 18.3 Å². The molecular weight excluding hydrogens is 392 g/mol.